The molecule has 0 atom stereocenters. The van der Waals surface area contributed by atoms with Crippen molar-refractivity contribution in [3.8, 4) is 0 Å². The molecule has 1 saturated carbocycles. The van der Waals surface area contributed by atoms with Gasteiger partial charge in [0, 0.05) is 5.54 Å². The van der Waals surface area contributed by atoms with Gasteiger partial charge in [0.05, 0.1) is 0 Å². The van der Waals surface area contributed by atoms with Crippen LogP contribution in [0.4, 0.5) is 0 Å². The van der Waals surface area contributed by atoms with Gasteiger partial charge in [-0.05, 0) is 19.8 Å². The summed E-state index contributed by atoms with van der Waals surface area (Å²) in [7, 11) is 0. The van der Waals surface area contributed by atoms with Gasteiger partial charge in [-0.25, -0.2) is 0 Å². The Bertz CT molecular complexity index is 86.9. The van der Waals surface area contributed by atoms with Gasteiger partial charge in [0.2, 0.25) is 0 Å². The number of rotatable bonds is 0. The average molecular weight is 141 g/mol. The van der Waals surface area contributed by atoms with E-state index in [1.807, 2.05) is 0 Å². The minimum atomic E-state index is 0.153. The number of nitrogens with two attached hydrogens (primary N) is 1. The molecule has 1 nitrogen and oxygen atoms in total. The lowest BCUT2D eigenvalue weighted by Crippen LogP contribution is -2.36. The predicted octanol–water partition coefficient (Wildman–Crippen LogP) is 2.45. The topological polar surface area (TPSA) is 26.0 Å². The van der Waals surface area contributed by atoms with Gasteiger partial charge >= 0.3 is 0 Å². The molecule has 1 rings (SSSR count). The highest BCUT2D eigenvalue weighted by atomic mass is 14.7. The second kappa shape index (κ2) is 3.38. The SMILES string of the molecule is CC1(N)CCCCCCC1. The van der Waals surface area contributed by atoms with Gasteiger partial charge < -0.3 is 5.73 Å². The molecule has 0 unspecified atom stereocenters. The summed E-state index contributed by atoms with van der Waals surface area (Å²) in [6.45, 7) is 2.19. The van der Waals surface area contributed by atoms with Crippen molar-refractivity contribution >= 4 is 0 Å². The molecule has 0 amide bonds. The Labute approximate surface area is 64.0 Å². The van der Waals surface area contributed by atoms with Crippen LogP contribution < -0.4 is 5.73 Å². The van der Waals surface area contributed by atoms with Crippen LogP contribution in [0.15, 0.2) is 0 Å². The number of hydrogen-bond acceptors (Lipinski definition) is 1. The van der Waals surface area contributed by atoms with Gasteiger partial charge in [-0.2, -0.15) is 0 Å². The summed E-state index contributed by atoms with van der Waals surface area (Å²) in [5.74, 6) is 0. The second-order valence-corrected chi connectivity index (χ2v) is 3.92. The first-order valence-corrected chi connectivity index (χ1v) is 4.50. The smallest absolute Gasteiger partial charge is 0.0125 e. The van der Waals surface area contributed by atoms with Crippen LogP contribution in [0.25, 0.3) is 0 Å². The van der Waals surface area contributed by atoms with Crippen molar-refractivity contribution in [3.63, 3.8) is 0 Å². The quantitative estimate of drug-likeness (QED) is 0.551. The molecule has 1 heteroatoms. The molecule has 0 spiro atoms. The molecule has 10 heavy (non-hydrogen) atoms. The van der Waals surface area contributed by atoms with E-state index in [0.29, 0.717) is 0 Å². The van der Waals surface area contributed by atoms with Crippen molar-refractivity contribution in [2.75, 3.05) is 0 Å². The van der Waals surface area contributed by atoms with Crippen molar-refractivity contribution < 1.29 is 0 Å². The first kappa shape index (κ1) is 8.06. The Hall–Kier alpha value is -0.0400. The third-order valence-electron chi connectivity index (χ3n) is 2.50. The molecule has 0 aromatic heterocycles. The predicted molar refractivity (Wildman–Crippen MR) is 44.9 cm³/mol. The summed E-state index contributed by atoms with van der Waals surface area (Å²) in [5.41, 5.74) is 6.20. The van der Waals surface area contributed by atoms with Crippen LogP contribution in [0.1, 0.15) is 51.9 Å². The van der Waals surface area contributed by atoms with Crippen LogP contribution >= 0.6 is 0 Å². The molecule has 2 N–H and O–H groups in total. The Morgan fingerprint density at radius 2 is 1.30 bits per heavy atom. The molecular weight excluding hydrogens is 122 g/mol. The first-order chi connectivity index (χ1) is 4.71. The van der Waals surface area contributed by atoms with Crippen molar-refractivity contribution in [2.45, 2.75) is 57.4 Å². The summed E-state index contributed by atoms with van der Waals surface area (Å²) in [6, 6.07) is 0. The minimum absolute atomic E-state index is 0.153. The fraction of sp³-hybridized carbons (Fsp3) is 1.00. The lowest BCUT2D eigenvalue weighted by molar-refractivity contribution is 0.343. The van der Waals surface area contributed by atoms with Crippen LogP contribution in [0.5, 0.6) is 0 Å². The molecule has 0 aromatic rings. The maximum Gasteiger partial charge on any atom is 0.0125 e. The first-order valence-electron chi connectivity index (χ1n) is 4.50. The van der Waals surface area contributed by atoms with Crippen LogP contribution in [0.3, 0.4) is 0 Å². The van der Waals surface area contributed by atoms with Crippen molar-refractivity contribution in [3.05, 3.63) is 0 Å². The monoisotopic (exact) mass is 141 g/mol. The van der Waals surface area contributed by atoms with Crippen LogP contribution in [0.2, 0.25) is 0 Å². The Balaban J connectivity index is 2.30. The lowest BCUT2D eigenvalue weighted by Gasteiger charge is -2.26. The fourth-order valence-corrected chi connectivity index (χ4v) is 1.71. The average Bonchev–Trinajstić information content (AvgIpc) is 1.81. The van der Waals surface area contributed by atoms with Gasteiger partial charge in [0.1, 0.15) is 0 Å². The van der Waals surface area contributed by atoms with Gasteiger partial charge in [0.25, 0.3) is 0 Å². The molecule has 0 radical (unpaired) electrons. The lowest BCUT2D eigenvalue weighted by atomic mass is 9.87. The van der Waals surface area contributed by atoms with E-state index in [9.17, 15) is 0 Å². The van der Waals surface area contributed by atoms with Crippen LogP contribution in [0, 0.1) is 0 Å². The zero-order chi connectivity index (χ0) is 7.45. The van der Waals surface area contributed by atoms with Gasteiger partial charge in [-0.15, -0.1) is 0 Å². The highest BCUT2D eigenvalue weighted by Gasteiger charge is 2.18. The molecule has 0 bridgehead atoms. The third-order valence-corrected chi connectivity index (χ3v) is 2.50. The maximum absolute atomic E-state index is 6.05. The second-order valence-electron chi connectivity index (χ2n) is 3.92. The fourth-order valence-electron chi connectivity index (χ4n) is 1.71. The molecule has 0 aromatic carbocycles. The summed E-state index contributed by atoms with van der Waals surface area (Å²) in [5, 5.41) is 0. The van der Waals surface area contributed by atoms with Gasteiger partial charge in [-0.1, -0.05) is 32.1 Å². The zero-order valence-electron chi connectivity index (χ0n) is 7.03. The van der Waals surface area contributed by atoms with Crippen molar-refractivity contribution in [1.29, 1.82) is 0 Å². The van der Waals surface area contributed by atoms with E-state index in [0.717, 1.165) is 0 Å². The molecule has 60 valence electrons. The van der Waals surface area contributed by atoms with Crippen molar-refractivity contribution in [2.24, 2.45) is 5.73 Å². The van der Waals surface area contributed by atoms with E-state index in [4.69, 9.17) is 5.73 Å². The summed E-state index contributed by atoms with van der Waals surface area (Å²) in [4.78, 5) is 0. The largest absolute Gasteiger partial charge is 0.325 e. The van der Waals surface area contributed by atoms with Crippen molar-refractivity contribution in [1.82, 2.24) is 0 Å². The Morgan fingerprint density at radius 1 is 0.900 bits per heavy atom. The van der Waals surface area contributed by atoms with Gasteiger partial charge in [-0.3, -0.25) is 0 Å². The molecule has 0 aliphatic heterocycles. The highest BCUT2D eigenvalue weighted by molar-refractivity contribution is 4.79. The Morgan fingerprint density at radius 3 is 1.80 bits per heavy atom. The van der Waals surface area contributed by atoms with E-state index >= 15 is 0 Å². The molecule has 1 fully saturated rings. The minimum Gasteiger partial charge on any atom is -0.325 e. The molecule has 0 heterocycles. The Kier molecular flexibility index (Phi) is 2.72. The highest BCUT2D eigenvalue weighted by Crippen LogP contribution is 2.23. The molecule has 1 aliphatic carbocycles. The van der Waals surface area contributed by atoms with Crippen LogP contribution in [-0.4, -0.2) is 5.54 Å². The van der Waals surface area contributed by atoms with E-state index in [1.54, 1.807) is 0 Å². The summed E-state index contributed by atoms with van der Waals surface area (Å²) in [6.07, 6.45) is 9.36. The van der Waals surface area contributed by atoms with E-state index in [1.165, 1.54) is 44.9 Å². The summed E-state index contributed by atoms with van der Waals surface area (Å²) >= 11 is 0. The standard InChI is InChI=1S/C9H19N/c1-9(10)7-5-3-2-4-6-8-9/h2-8,10H2,1H3. The maximum atomic E-state index is 6.05. The molecule has 0 saturated heterocycles. The third kappa shape index (κ3) is 2.70. The number of hydrogen-bond donors (Lipinski definition) is 1. The van der Waals surface area contributed by atoms with E-state index in [-0.39, 0.29) is 5.54 Å². The van der Waals surface area contributed by atoms with E-state index < -0.39 is 0 Å². The van der Waals surface area contributed by atoms with E-state index in [2.05, 4.69) is 6.92 Å². The van der Waals surface area contributed by atoms with Crippen LogP contribution in [-0.2, 0) is 0 Å². The molecule has 1 aliphatic rings. The van der Waals surface area contributed by atoms with Gasteiger partial charge in [0.15, 0.2) is 0 Å². The molecular formula is C9H19N. The normalized spacial score (nSPS) is 27.0. The zero-order valence-corrected chi connectivity index (χ0v) is 7.03. The summed E-state index contributed by atoms with van der Waals surface area (Å²) < 4.78 is 0.